The fourth-order valence-electron chi connectivity index (χ4n) is 3.07. The molecule has 0 radical (unpaired) electrons. The summed E-state index contributed by atoms with van der Waals surface area (Å²) in [6, 6.07) is 12.0. The lowest BCUT2D eigenvalue weighted by Crippen LogP contribution is -2.30. The number of carbonyl (C=O) groups is 1. The van der Waals surface area contributed by atoms with Gasteiger partial charge in [-0.05, 0) is 39.0 Å². The fraction of sp³-hybridized carbons (Fsp3) is 0.273. The monoisotopic (exact) mass is 408 g/mol. The first-order chi connectivity index (χ1) is 14.4. The second-order valence-electron chi connectivity index (χ2n) is 6.94. The zero-order valence-corrected chi connectivity index (χ0v) is 17.6. The minimum atomic E-state index is -0.507. The van der Waals surface area contributed by atoms with E-state index < -0.39 is 5.91 Å². The Morgan fingerprint density at radius 1 is 1.10 bits per heavy atom. The molecule has 8 nitrogen and oxygen atoms in total. The molecule has 0 bridgehead atoms. The Labute approximate surface area is 174 Å². The molecule has 0 aliphatic rings. The summed E-state index contributed by atoms with van der Waals surface area (Å²) in [7, 11) is 3.12. The molecule has 0 spiro atoms. The van der Waals surface area contributed by atoms with Crippen LogP contribution in [0.4, 0.5) is 0 Å². The topological polar surface area (TPSA) is 94.8 Å². The molecule has 8 heteroatoms. The van der Waals surface area contributed by atoms with Crippen molar-refractivity contribution in [2.24, 2.45) is 5.10 Å². The number of nitrogens with zero attached hydrogens (tertiary/aromatic N) is 3. The largest absolute Gasteiger partial charge is 0.497 e. The molecule has 0 fully saturated rings. The quantitative estimate of drug-likeness (QED) is 0.499. The van der Waals surface area contributed by atoms with Crippen LogP contribution in [-0.4, -0.2) is 35.6 Å². The van der Waals surface area contributed by atoms with Crippen molar-refractivity contribution in [1.82, 2.24) is 15.2 Å². The summed E-state index contributed by atoms with van der Waals surface area (Å²) in [6.45, 7) is 5.43. The van der Waals surface area contributed by atoms with Crippen LogP contribution >= 0.6 is 0 Å². The summed E-state index contributed by atoms with van der Waals surface area (Å²) in [5, 5.41) is 9.41. The summed E-state index contributed by atoms with van der Waals surface area (Å²) in [5.74, 6) is 0.716. The van der Waals surface area contributed by atoms with Crippen LogP contribution in [0.25, 0.3) is 10.8 Å². The number of hydrazone groups is 1. The third-order valence-electron chi connectivity index (χ3n) is 4.66. The number of aromatic nitrogens is 2. The van der Waals surface area contributed by atoms with Gasteiger partial charge in [0.25, 0.3) is 11.5 Å². The average molecular weight is 408 g/mol. The van der Waals surface area contributed by atoms with Gasteiger partial charge >= 0.3 is 0 Å². The molecule has 2 aromatic carbocycles. The first-order valence-corrected chi connectivity index (χ1v) is 9.46. The molecule has 0 unspecified atom stereocenters. The van der Waals surface area contributed by atoms with Crippen molar-refractivity contribution in [2.45, 2.75) is 26.8 Å². The van der Waals surface area contributed by atoms with Gasteiger partial charge in [-0.3, -0.25) is 9.59 Å². The van der Waals surface area contributed by atoms with Crippen molar-refractivity contribution in [2.75, 3.05) is 14.2 Å². The fourth-order valence-corrected chi connectivity index (χ4v) is 3.07. The Kier molecular flexibility index (Phi) is 6.15. The lowest BCUT2D eigenvalue weighted by molar-refractivity contribution is 0.0949. The molecule has 0 aliphatic heterocycles. The molecule has 0 atom stereocenters. The number of methoxy groups -OCH3 is 2. The lowest BCUT2D eigenvalue weighted by Gasteiger charge is -2.13. The minimum Gasteiger partial charge on any atom is -0.497 e. The van der Waals surface area contributed by atoms with Gasteiger partial charge in [-0.2, -0.15) is 10.2 Å². The van der Waals surface area contributed by atoms with Gasteiger partial charge in [0, 0.05) is 17.0 Å². The average Bonchev–Trinajstić information content (AvgIpc) is 2.76. The van der Waals surface area contributed by atoms with E-state index in [1.54, 1.807) is 63.6 Å². The summed E-state index contributed by atoms with van der Waals surface area (Å²) < 4.78 is 11.9. The number of rotatable bonds is 6. The Morgan fingerprint density at radius 3 is 2.43 bits per heavy atom. The maximum Gasteiger partial charge on any atom is 0.292 e. The molecule has 1 heterocycles. The molecular formula is C22H24N4O4. The Balaban J connectivity index is 1.98. The van der Waals surface area contributed by atoms with E-state index >= 15 is 0 Å². The molecule has 0 saturated heterocycles. The molecule has 3 aromatic rings. The van der Waals surface area contributed by atoms with Gasteiger partial charge in [0.05, 0.1) is 31.4 Å². The van der Waals surface area contributed by atoms with Gasteiger partial charge in [0.1, 0.15) is 11.5 Å². The van der Waals surface area contributed by atoms with E-state index in [4.69, 9.17) is 9.47 Å². The van der Waals surface area contributed by atoms with Crippen LogP contribution < -0.4 is 20.5 Å². The molecule has 1 aromatic heterocycles. The van der Waals surface area contributed by atoms with Gasteiger partial charge < -0.3 is 9.47 Å². The van der Waals surface area contributed by atoms with Gasteiger partial charge in [0.2, 0.25) is 0 Å². The van der Waals surface area contributed by atoms with Crippen LogP contribution in [0.15, 0.2) is 52.4 Å². The smallest absolute Gasteiger partial charge is 0.292 e. The molecule has 30 heavy (non-hydrogen) atoms. The number of ether oxygens (including phenoxy) is 2. The lowest BCUT2D eigenvalue weighted by atomic mass is 10.1. The summed E-state index contributed by atoms with van der Waals surface area (Å²) in [6.07, 6.45) is 0. The maximum atomic E-state index is 12.9. The summed E-state index contributed by atoms with van der Waals surface area (Å²) >= 11 is 0. The van der Waals surface area contributed by atoms with Crippen LogP contribution in [0.2, 0.25) is 0 Å². The molecule has 156 valence electrons. The molecule has 1 N–H and O–H groups in total. The number of hydrogen-bond donors (Lipinski definition) is 1. The normalized spacial score (nSPS) is 11.6. The van der Waals surface area contributed by atoms with Gasteiger partial charge in [-0.25, -0.2) is 10.1 Å². The molecule has 0 saturated carbocycles. The van der Waals surface area contributed by atoms with Crippen molar-refractivity contribution in [3.63, 3.8) is 0 Å². The minimum absolute atomic E-state index is 0.136. The highest BCUT2D eigenvalue weighted by molar-refractivity contribution is 6.06. The summed E-state index contributed by atoms with van der Waals surface area (Å²) in [5.41, 5.74) is 3.70. The number of nitrogens with one attached hydrogen (secondary N) is 1. The van der Waals surface area contributed by atoms with Crippen LogP contribution in [0, 0.1) is 0 Å². The van der Waals surface area contributed by atoms with Gasteiger partial charge in [-0.1, -0.05) is 18.2 Å². The second kappa shape index (κ2) is 8.77. The predicted octanol–water partition coefficient (Wildman–Crippen LogP) is 3.15. The standard InChI is InChI=1S/C22H24N4O4/c1-13(2)26-22(28)18-9-7-6-8-17(18)20(25-26)21(27)24-23-14(3)16-11-10-15(29-4)12-19(16)30-5/h6-13H,1-5H3,(H,24,27)/b23-14-. The first kappa shape index (κ1) is 21.0. The maximum absolute atomic E-state index is 12.9. The van der Waals surface area contributed by atoms with Crippen LogP contribution in [0.5, 0.6) is 11.5 Å². The van der Waals surface area contributed by atoms with Crippen molar-refractivity contribution in [3.8, 4) is 11.5 Å². The van der Waals surface area contributed by atoms with E-state index in [0.717, 1.165) is 0 Å². The number of amides is 1. The van der Waals surface area contributed by atoms with Crippen LogP contribution in [-0.2, 0) is 0 Å². The van der Waals surface area contributed by atoms with E-state index in [0.29, 0.717) is 33.5 Å². The highest BCUT2D eigenvalue weighted by Gasteiger charge is 2.18. The van der Waals surface area contributed by atoms with Crippen molar-refractivity contribution < 1.29 is 14.3 Å². The zero-order chi connectivity index (χ0) is 21.8. The van der Waals surface area contributed by atoms with Gasteiger partial charge in [-0.15, -0.1) is 0 Å². The third-order valence-corrected chi connectivity index (χ3v) is 4.66. The number of benzene rings is 2. The summed E-state index contributed by atoms with van der Waals surface area (Å²) in [4.78, 5) is 25.5. The van der Waals surface area contributed by atoms with Crippen molar-refractivity contribution in [3.05, 3.63) is 64.1 Å². The van der Waals surface area contributed by atoms with E-state index in [9.17, 15) is 9.59 Å². The number of fused-ring (bicyclic) bond motifs is 1. The van der Waals surface area contributed by atoms with E-state index in [-0.39, 0.29) is 17.3 Å². The number of carbonyl (C=O) groups excluding carboxylic acids is 1. The Hall–Kier alpha value is -3.68. The highest BCUT2D eigenvalue weighted by Crippen LogP contribution is 2.25. The van der Waals surface area contributed by atoms with E-state index in [2.05, 4.69) is 15.6 Å². The Bertz CT molecular complexity index is 1180. The molecule has 1 amide bonds. The third kappa shape index (κ3) is 4.03. The zero-order valence-electron chi connectivity index (χ0n) is 17.6. The molecule has 0 aliphatic carbocycles. The highest BCUT2D eigenvalue weighted by atomic mass is 16.5. The van der Waals surface area contributed by atoms with Crippen LogP contribution in [0.1, 0.15) is 42.9 Å². The van der Waals surface area contributed by atoms with Crippen LogP contribution in [0.3, 0.4) is 0 Å². The predicted molar refractivity (Wildman–Crippen MR) is 116 cm³/mol. The van der Waals surface area contributed by atoms with Crippen molar-refractivity contribution >= 4 is 22.4 Å². The van der Waals surface area contributed by atoms with E-state index in [1.807, 2.05) is 13.8 Å². The first-order valence-electron chi connectivity index (χ1n) is 9.46. The SMILES string of the molecule is COc1ccc(/C(C)=N\NC(=O)c2nn(C(C)C)c(=O)c3ccccc23)c(OC)c1. The molecular weight excluding hydrogens is 384 g/mol. The van der Waals surface area contributed by atoms with Crippen molar-refractivity contribution in [1.29, 1.82) is 0 Å². The van der Waals surface area contributed by atoms with E-state index in [1.165, 1.54) is 4.68 Å². The van der Waals surface area contributed by atoms with Gasteiger partial charge in [0.15, 0.2) is 5.69 Å². The number of hydrogen-bond acceptors (Lipinski definition) is 6. The Morgan fingerprint density at radius 2 is 1.80 bits per heavy atom. The molecule has 3 rings (SSSR count). The second-order valence-corrected chi connectivity index (χ2v) is 6.94.